The third-order valence-electron chi connectivity index (χ3n) is 4.00. The first kappa shape index (κ1) is 21.9. The van der Waals surface area contributed by atoms with E-state index in [1.54, 1.807) is 30.3 Å². The molecule has 0 saturated carbocycles. The number of anilines is 1. The van der Waals surface area contributed by atoms with Crippen LogP contribution in [0.5, 0.6) is 23.0 Å². The lowest BCUT2D eigenvalue weighted by atomic mass is 10.2. The minimum Gasteiger partial charge on any atom is -0.493 e. The molecule has 0 radical (unpaired) electrons. The minimum absolute atomic E-state index is 0.250. The molecule has 0 fully saturated rings. The first-order valence-corrected chi connectivity index (χ1v) is 8.98. The fourth-order valence-electron chi connectivity index (χ4n) is 2.51. The molecule has 1 amide bonds. The predicted octanol–water partition coefficient (Wildman–Crippen LogP) is 3.30. The van der Waals surface area contributed by atoms with Crippen LogP contribution in [0.2, 0.25) is 0 Å². The van der Waals surface area contributed by atoms with E-state index >= 15 is 0 Å². The van der Waals surface area contributed by atoms with Crippen LogP contribution in [0.1, 0.15) is 24.2 Å². The summed E-state index contributed by atoms with van der Waals surface area (Å²) in [6.45, 7) is 3.73. The summed E-state index contributed by atoms with van der Waals surface area (Å²) in [5.74, 6) is 0.799. The molecule has 0 heterocycles. The fraction of sp³-hybridized carbons (Fsp3) is 0.333. The van der Waals surface area contributed by atoms with Crippen LogP contribution in [-0.2, 0) is 9.53 Å². The van der Waals surface area contributed by atoms with Gasteiger partial charge in [-0.3, -0.25) is 4.79 Å². The summed E-state index contributed by atoms with van der Waals surface area (Å²) in [6.07, 6.45) is -1.02. The topological polar surface area (TPSA) is 92.3 Å². The molecular formula is C21H25NO7. The Morgan fingerprint density at radius 3 is 2.14 bits per heavy atom. The van der Waals surface area contributed by atoms with Crippen molar-refractivity contribution in [2.75, 3.05) is 33.3 Å². The van der Waals surface area contributed by atoms with Gasteiger partial charge in [0.05, 0.1) is 33.5 Å². The average Bonchev–Trinajstić information content (AvgIpc) is 2.73. The van der Waals surface area contributed by atoms with Crippen LogP contribution in [-0.4, -0.2) is 45.9 Å². The van der Waals surface area contributed by atoms with Crippen LogP contribution in [0.4, 0.5) is 5.69 Å². The predicted molar refractivity (Wildman–Crippen MR) is 107 cm³/mol. The van der Waals surface area contributed by atoms with E-state index in [1.807, 2.05) is 6.92 Å². The third-order valence-corrected chi connectivity index (χ3v) is 4.00. The lowest BCUT2D eigenvalue weighted by molar-refractivity contribution is -0.123. The lowest BCUT2D eigenvalue weighted by Gasteiger charge is -2.15. The quantitative estimate of drug-likeness (QED) is 0.642. The Balaban J connectivity index is 2.05. The second-order valence-electron chi connectivity index (χ2n) is 5.91. The zero-order valence-electron chi connectivity index (χ0n) is 17.1. The van der Waals surface area contributed by atoms with Gasteiger partial charge in [0.15, 0.2) is 29.1 Å². The Bertz CT molecular complexity index is 866. The number of carbonyl (C=O) groups excluding carboxylic acids is 2. The van der Waals surface area contributed by atoms with Crippen LogP contribution >= 0.6 is 0 Å². The largest absolute Gasteiger partial charge is 0.493 e. The van der Waals surface area contributed by atoms with Crippen molar-refractivity contribution in [3.63, 3.8) is 0 Å². The number of hydrogen-bond donors (Lipinski definition) is 1. The van der Waals surface area contributed by atoms with Gasteiger partial charge in [0.2, 0.25) is 0 Å². The highest BCUT2D eigenvalue weighted by Gasteiger charge is 2.21. The molecule has 0 aliphatic carbocycles. The number of amides is 1. The van der Waals surface area contributed by atoms with Crippen LogP contribution in [0.15, 0.2) is 36.4 Å². The molecule has 2 aromatic carbocycles. The molecule has 0 bridgehead atoms. The minimum atomic E-state index is -1.02. The van der Waals surface area contributed by atoms with Crippen molar-refractivity contribution < 1.29 is 33.3 Å². The number of rotatable bonds is 9. The van der Waals surface area contributed by atoms with Crippen LogP contribution in [0, 0.1) is 0 Å². The van der Waals surface area contributed by atoms with Gasteiger partial charge in [-0.2, -0.15) is 0 Å². The highest BCUT2D eigenvalue weighted by atomic mass is 16.5. The Morgan fingerprint density at radius 2 is 1.52 bits per heavy atom. The van der Waals surface area contributed by atoms with E-state index in [0.717, 1.165) is 0 Å². The Hall–Kier alpha value is -3.42. The van der Waals surface area contributed by atoms with Crippen LogP contribution in [0.25, 0.3) is 0 Å². The molecule has 2 rings (SSSR count). The molecule has 1 atom stereocenters. The fourth-order valence-corrected chi connectivity index (χ4v) is 2.51. The number of esters is 1. The van der Waals surface area contributed by atoms with Crippen molar-refractivity contribution >= 4 is 17.6 Å². The van der Waals surface area contributed by atoms with Gasteiger partial charge in [0, 0.05) is 11.8 Å². The van der Waals surface area contributed by atoms with Gasteiger partial charge >= 0.3 is 5.97 Å². The van der Waals surface area contributed by atoms with E-state index in [2.05, 4.69) is 5.32 Å². The molecular weight excluding hydrogens is 378 g/mol. The SMILES string of the molecule is CCOc1cc(C(=O)OC(C)C(=O)Nc2ccc(OC)c(OC)c2)ccc1OC. The highest BCUT2D eigenvalue weighted by Crippen LogP contribution is 2.30. The van der Waals surface area contributed by atoms with Crippen molar-refractivity contribution in [1.29, 1.82) is 0 Å². The van der Waals surface area contributed by atoms with Gasteiger partial charge in [0.1, 0.15) is 0 Å². The number of benzene rings is 2. The number of hydrogen-bond acceptors (Lipinski definition) is 7. The van der Waals surface area contributed by atoms with E-state index in [0.29, 0.717) is 35.3 Å². The standard InChI is InChI=1S/C21H25NO7/c1-6-28-19-11-14(7-9-17(19)26-4)21(24)29-13(2)20(23)22-15-8-10-16(25-3)18(12-15)27-5/h7-13H,6H2,1-5H3,(H,22,23). The number of nitrogens with one attached hydrogen (secondary N) is 1. The Kier molecular flexibility index (Phi) is 7.70. The normalized spacial score (nSPS) is 11.2. The average molecular weight is 403 g/mol. The van der Waals surface area contributed by atoms with Crippen molar-refractivity contribution in [2.45, 2.75) is 20.0 Å². The molecule has 0 aromatic heterocycles. The second-order valence-corrected chi connectivity index (χ2v) is 5.91. The smallest absolute Gasteiger partial charge is 0.339 e. The highest BCUT2D eigenvalue weighted by molar-refractivity contribution is 5.97. The molecule has 0 saturated heterocycles. The third kappa shape index (κ3) is 5.54. The molecule has 1 unspecified atom stereocenters. The van der Waals surface area contributed by atoms with Gasteiger partial charge in [0.25, 0.3) is 5.91 Å². The zero-order chi connectivity index (χ0) is 21.4. The van der Waals surface area contributed by atoms with E-state index < -0.39 is 18.0 Å². The van der Waals surface area contributed by atoms with Crippen molar-refractivity contribution in [3.05, 3.63) is 42.0 Å². The molecule has 1 N–H and O–H groups in total. The summed E-state index contributed by atoms with van der Waals surface area (Å²) < 4.78 is 26.3. The monoisotopic (exact) mass is 403 g/mol. The molecule has 29 heavy (non-hydrogen) atoms. The van der Waals surface area contributed by atoms with Gasteiger partial charge in [-0.05, 0) is 44.2 Å². The number of carbonyl (C=O) groups is 2. The first-order chi connectivity index (χ1) is 13.9. The summed E-state index contributed by atoms with van der Waals surface area (Å²) >= 11 is 0. The molecule has 8 heteroatoms. The van der Waals surface area contributed by atoms with Gasteiger partial charge in [-0.15, -0.1) is 0 Å². The Morgan fingerprint density at radius 1 is 0.897 bits per heavy atom. The molecule has 0 aliphatic heterocycles. The zero-order valence-corrected chi connectivity index (χ0v) is 17.1. The lowest BCUT2D eigenvalue weighted by Crippen LogP contribution is -2.30. The summed E-state index contributed by atoms with van der Waals surface area (Å²) in [7, 11) is 4.53. The summed E-state index contributed by atoms with van der Waals surface area (Å²) in [5, 5.41) is 2.68. The maximum absolute atomic E-state index is 12.4. The molecule has 0 aliphatic rings. The van der Waals surface area contributed by atoms with Gasteiger partial charge in [-0.25, -0.2) is 4.79 Å². The van der Waals surface area contributed by atoms with Gasteiger partial charge < -0.3 is 29.0 Å². The summed E-state index contributed by atoms with van der Waals surface area (Å²) in [4.78, 5) is 24.8. The van der Waals surface area contributed by atoms with Crippen LogP contribution in [0.3, 0.4) is 0 Å². The maximum atomic E-state index is 12.4. The molecule has 2 aromatic rings. The molecule has 8 nitrogen and oxygen atoms in total. The van der Waals surface area contributed by atoms with Crippen molar-refractivity contribution in [3.8, 4) is 23.0 Å². The summed E-state index contributed by atoms with van der Waals surface area (Å²) in [5.41, 5.74) is 0.735. The second kappa shape index (κ2) is 10.2. The number of methoxy groups -OCH3 is 3. The van der Waals surface area contributed by atoms with Crippen molar-refractivity contribution in [1.82, 2.24) is 0 Å². The summed E-state index contributed by atoms with van der Waals surface area (Å²) in [6, 6.07) is 9.61. The molecule has 0 spiro atoms. The first-order valence-electron chi connectivity index (χ1n) is 8.98. The molecule has 156 valence electrons. The maximum Gasteiger partial charge on any atom is 0.339 e. The van der Waals surface area contributed by atoms with Gasteiger partial charge in [-0.1, -0.05) is 0 Å². The van der Waals surface area contributed by atoms with E-state index in [9.17, 15) is 9.59 Å². The number of ether oxygens (including phenoxy) is 5. The van der Waals surface area contributed by atoms with E-state index in [1.165, 1.54) is 34.3 Å². The van der Waals surface area contributed by atoms with Crippen LogP contribution < -0.4 is 24.3 Å². The Labute approximate surface area is 169 Å². The van der Waals surface area contributed by atoms with E-state index in [4.69, 9.17) is 23.7 Å². The van der Waals surface area contributed by atoms with Crippen molar-refractivity contribution in [2.24, 2.45) is 0 Å². The van der Waals surface area contributed by atoms with E-state index in [-0.39, 0.29) is 5.56 Å².